The normalized spacial score (nSPS) is 11.5. The molecule has 0 radical (unpaired) electrons. The van der Waals surface area contributed by atoms with Crippen molar-refractivity contribution in [3.05, 3.63) is 136 Å². The molecule has 0 aliphatic carbocycles. The Morgan fingerprint density at radius 1 is 0.907 bits per heavy atom. The molecule has 5 aromatic rings. The summed E-state index contributed by atoms with van der Waals surface area (Å²) in [6.45, 7) is 0. The van der Waals surface area contributed by atoms with Gasteiger partial charge in [-0.15, -0.1) is 10.2 Å². The van der Waals surface area contributed by atoms with Crippen molar-refractivity contribution in [2.75, 3.05) is 14.2 Å². The lowest BCUT2D eigenvalue weighted by Crippen LogP contribution is -2.32. The third-order valence-electron chi connectivity index (χ3n) is 6.74. The molecule has 1 atom stereocenters. The molecule has 0 aliphatic rings. The van der Waals surface area contributed by atoms with Gasteiger partial charge in [0.25, 0.3) is 11.6 Å². The summed E-state index contributed by atoms with van der Waals surface area (Å²) in [5, 5.41) is 24.2. The summed E-state index contributed by atoms with van der Waals surface area (Å²) in [5.74, 6) is 1.68. The van der Waals surface area contributed by atoms with Crippen LogP contribution in [-0.2, 0) is 12.2 Å². The Bertz CT molecular complexity index is 1700. The van der Waals surface area contributed by atoms with E-state index in [9.17, 15) is 14.9 Å². The number of thioether (sulfide) groups is 1. The van der Waals surface area contributed by atoms with Crippen molar-refractivity contribution in [3.8, 4) is 17.2 Å². The maximum Gasteiger partial charge on any atom is 0.269 e. The van der Waals surface area contributed by atoms with Crippen molar-refractivity contribution in [3.63, 3.8) is 0 Å². The Balaban J connectivity index is 1.56. The first-order valence-electron chi connectivity index (χ1n) is 13.4. The van der Waals surface area contributed by atoms with Crippen LogP contribution in [0.15, 0.2) is 108 Å². The van der Waals surface area contributed by atoms with E-state index in [1.54, 1.807) is 37.4 Å². The highest BCUT2D eigenvalue weighted by atomic mass is 32.2. The molecule has 0 saturated carbocycles. The number of non-ortho nitro benzene ring substituents is 1. The lowest BCUT2D eigenvalue weighted by atomic mass is 10.0. The molecule has 0 bridgehead atoms. The molecule has 1 heterocycles. The summed E-state index contributed by atoms with van der Waals surface area (Å²) in [4.78, 5) is 24.6. The molecule has 1 N–H and O–H groups in total. The molecule has 11 heteroatoms. The first-order chi connectivity index (χ1) is 21.0. The van der Waals surface area contributed by atoms with Crippen molar-refractivity contribution in [1.82, 2.24) is 20.1 Å². The average Bonchev–Trinajstić information content (AvgIpc) is 3.48. The van der Waals surface area contributed by atoms with Crippen LogP contribution in [0, 0.1) is 10.1 Å². The predicted molar refractivity (Wildman–Crippen MR) is 164 cm³/mol. The van der Waals surface area contributed by atoms with E-state index in [1.165, 1.54) is 31.0 Å². The van der Waals surface area contributed by atoms with Gasteiger partial charge >= 0.3 is 0 Å². The fraction of sp³-hybridized carbons (Fsp3) is 0.156. The largest absolute Gasteiger partial charge is 0.497 e. The summed E-state index contributed by atoms with van der Waals surface area (Å²) in [6, 6.07) is 30.3. The lowest BCUT2D eigenvalue weighted by Gasteiger charge is -2.21. The number of hydrogen-bond donors (Lipinski definition) is 1. The maximum atomic E-state index is 13.7. The van der Waals surface area contributed by atoms with Crippen LogP contribution in [0.3, 0.4) is 0 Å². The van der Waals surface area contributed by atoms with Crippen LogP contribution in [0.2, 0.25) is 0 Å². The number of ether oxygens (including phenoxy) is 2. The Morgan fingerprint density at radius 3 is 2.21 bits per heavy atom. The summed E-state index contributed by atoms with van der Waals surface area (Å²) >= 11 is 1.48. The standard InChI is InChI=1S/C32H29N5O5S/c1-41-26-17-18-27(29(20-26)42-2)31(38)33-28(19-22-9-5-3-6-10-22)30-34-35-32(43-21-23-11-7-4-8-12-23)36(30)24-13-15-25(16-14-24)37(39)40/h3-18,20,28H,19,21H2,1-2H3,(H,33,38). The van der Waals surface area contributed by atoms with E-state index in [0.717, 1.165) is 11.1 Å². The van der Waals surface area contributed by atoms with E-state index in [0.29, 0.717) is 45.9 Å². The van der Waals surface area contributed by atoms with E-state index in [2.05, 4.69) is 15.5 Å². The number of benzene rings is 4. The fourth-order valence-corrected chi connectivity index (χ4v) is 5.48. The number of nitrogens with zero attached hydrogens (tertiary/aromatic N) is 4. The van der Waals surface area contributed by atoms with Gasteiger partial charge in [0.15, 0.2) is 11.0 Å². The highest BCUT2D eigenvalue weighted by Crippen LogP contribution is 2.31. The number of nitro groups is 1. The smallest absolute Gasteiger partial charge is 0.269 e. The molecule has 5 rings (SSSR count). The minimum atomic E-state index is -0.615. The fourth-order valence-electron chi connectivity index (χ4n) is 4.57. The average molecular weight is 596 g/mol. The molecule has 10 nitrogen and oxygen atoms in total. The topological polar surface area (TPSA) is 121 Å². The molecule has 1 amide bonds. The van der Waals surface area contributed by atoms with Crippen molar-refractivity contribution in [1.29, 1.82) is 0 Å². The van der Waals surface area contributed by atoms with Crippen LogP contribution in [0.1, 0.15) is 33.4 Å². The second-order valence-corrected chi connectivity index (χ2v) is 10.4. The molecule has 0 spiro atoms. The van der Waals surface area contributed by atoms with Crippen molar-refractivity contribution >= 4 is 23.4 Å². The molecule has 4 aromatic carbocycles. The Hall–Kier alpha value is -5.16. The number of methoxy groups -OCH3 is 2. The maximum absolute atomic E-state index is 13.7. The van der Waals surface area contributed by atoms with Gasteiger partial charge in [0.2, 0.25) is 0 Å². The van der Waals surface area contributed by atoms with Gasteiger partial charge in [-0.1, -0.05) is 72.4 Å². The number of nitro benzene ring substituents is 1. The molecular weight excluding hydrogens is 566 g/mol. The summed E-state index contributed by atoms with van der Waals surface area (Å²) < 4.78 is 12.6. The molecular formula is C32H29N5O5S. The molecule has 218 valence electrons. The van der Waals surface area contributed by atoms with Crippen LogP contribution in [-0.4, -0.2) is 39.8 Å². The van der Waals surface area contributed by atoms with E-state index in [1.807, 2.05) is 65.2 Å². The number of carbonyl (C=O) groups is 1. The molecule has 1 unspecified atom stereocenters. The number of amides is 1. The van der Waals surface area contributed by atoms with Gasteiger partial charge in [0, 0.05) is 29.6 Å². The van der Waals surface area contributed by atoms with Gasteiger partial charge < -0.3 is 14.8 Å². The van der Waals surface area contributed by atoms with Crippen LogP contribution in [0.25, 0.3) is 5.69 Å². The molecule has 0 fully saturated rings. The number of hydrogen-bond acceptors (Lipinski definition) is 8. The van der Waals surface area contributed by atoms with Crippen LogP contribution in [0.5, 0.6) is 11.5 Å². The number of carbonyl (C=O) groups excluding carboxylic acids is 1. The quantitative estimate of drug-likeness (QED) is 0.103. The van der Waals surface area contributed by atoms with Gasteiger partial charge in [-0.3, -0.25) is 19.5 Å². The second-order valence-electron chi connectivity index (χ2n) is 9.51. The molecule has 43 heavy (non-hydrogen) atoms. The van der Waals surface area contributed by atoms with Gasteiger partial charge in [0.1, 0.15) is 11.5 Å². The van der Waals surface area contributed by atoms with Crippen LogP contribution < -0.4 is 14.8 Å². The van der Waals surface area contributed by atoms with Gasteiger partial charge in [-0.05, 0) is 41.8 Å². The van der Waals surface area contributed by atoms with Crippen molar-refractivity contribution in [2.45, 2.75) is 23.4 Å². The number of aromatic nitrogens is 3. The Kier molecular flexibility index (Phi) is 9.33. The second kappa shape index (κ2) is 13.7. The molecule has 0 saturated heterocycles. The van der Waals surface area contributed by atoms with E-state index < -0.39 is 11.0 Å². The van der Waals surface area contributed by atoms with Crippen molar-refractivity contribution < 1.29 is 19.2 Å². The minimum Gasteiger partial charge on any atom is -0.497 e. The lowest BCUT2D eigenvalue weighted by molar-refractivity contribution is -0.384. The first kappa shape index (κ1) is 29.3. The van der Waals surface area contributed by atoms with E-state index >= 15 is 0 Å². The monoisotopic (exact) mass is 595 g/mol. The zero-order valence-electron chi connectivity index (χ0n) is 23.5. The first-order valence-corrected chi connectivity index (χ1v) is 14.4. The van der Waals surface area contributed by atoms with Crippen molar-refractivity contribution in [2.24, 2.45) is 0 Å². The molecule has 1 aromatic heterocycles. The minimum absolute atomic E-state index is 0.0300. The van der Waals surface area contributed by atoms with Crippen LogP contribution >= 0.6 is 11.8 Å². The van der Waals surface area contributed by atoms with Crippen LogP contribution in [0.4, 0.5) is 5.69 Å². The van der Waals surface area contributed by atoms with Gasteiger partial charge in [-0.25, -0.2) is 0 Å². The van der Waals surface area contributed by atoms with E-state index in [4.69, 9.17) is 9.47 Å². The SMILES string of the molecule is COc1ccc(C(=O)NC(Cc2ccccc2)c2nnc(SCc3ccccc3)n2-c2ccc([N+](=O)[O-])cc2)c(OC)c1. The summed E-state index contributed by atoms with van der Waals surface area (Å²) in [5.41, 5.74) is 3.02. The Labute approximate surface area is 252 Å². The predicted octanol–water partition coefficient (Wildman–Crippen LogP) is 6.20. The summed E-state index contributed by atoms with van der Waals surface area (Å²) in [7, 11) is 3.04. The molecule has 0 aliphatic heterocycles. The Morgan fingerprint density at radius 2 is 1.58 bits per heavy atom. The third-order valence-corrected chi connectivity index (χ3v) is 7.74. The van der Waals surface area contributed by atoms with Gasteiger partial charge in [-0.2, -0.15) is 0 Å². The number of rotatable bonds is 12. The zero-order valence-corrected chi connectivity index (χ0v) is 24.4. The van der Waals surface area contributed by atoms with E-state index in [-0.39, 0.29) is 11.6 Å². The third kappa shape index (κ3) is 7.02. The highest BCUT2D eigenvalue weighted by molar-refractivity contribution is 7.98. The van der Waals surface area contributed by atoms with Gasteiger partial charge in [0.05, 0.1) is 30.7 Å². The zero-order chi connectivity index (χ0) is 30.2. The summed E-state index contributed by atoms with van der Waals surface area (Å²) in [6.07, 6.45) is 0.416. The number of nitrogens with one attached hydrogen (secondary N) is 1. The highest BCUT2D eigenvalue weighted by Gasteiger charge is 2.27.